The molecule has 0 fully saturated rings. The van der Waals surface area contributed by atoms with E-state index >= 15 is 0 Å². The highest BCUT2D eigenvalue weighted by atomic mass is 127. The van der Waals surface area contributed by atoms with Crippen LogP contribution >= 0.6 is 22.6 Å². The van der Waals surface area contributed by atoms with Gasteiger partial charge in [-0.25, -0.2) is 15.8 Å². The Labute approximate surface area is 106 Å². The minimum Gasteiger partial charge on any atom is -0.453 e. The summed E-state index contributed by atoms with van der Waals surface area (Å²) in [5.41, 5.74) is 2.35. The Bertz CT molecular complexity index is 475. The number of hydrazine groups is 1. The molecule has 0 saturated heterocycles. The van der Waals surface area contributed by atoms with Gasteiger partial charge in [-0.3, -0.25) is 5.43 Å². The number of para-hydroxylation sites is 1. The first-order chi connectivity index (χ1) is 7.79. The lowest BCUT2D eigenvalue weighted by atomic mass is 10.3. The van der Waals surface area contributed by atoms with Gasteiger partial charge in [-0.05, 0) is 34.7 Å². The maximum atomic E-state index is 5.61. The number of aromatic nitrogens is 2. The standard InChI is InChI=1S/C10H9IN4O/c11-8-3-1-2-4-9(8)16-7-5-13-10(15-12)14-6-7/h1-6H,12H2,(H,13,14,15). The molecule has 1 aromatic heterocycles. The van der Waals surface area contributed by atoms with E-state index in [-0.39, 0.29) is 0 Å². The van der Waals surface area contributed by atoms with E-state index in [0.717, 1.165) is 9.32 Å². The van der Waals surface area contributed by atoms with Crippen molar-refractivity contribution in [3.8, 4) is 11.5 Å². The summed E-state index contributed by atoms with van der Waals surface area (Å²) in [5.74, 6) is 6.87. The lowest BCUT2D eigenvalue weighted by molar-refractivity contribution is 0.474. The Balaban J connectivity index is 2.18. The van der Waals surface area contributed by atoms with Gasteiger partial charge < -0.3 is 4.74 Å². The van der Waals surface area contributed by atoms with Crippen molar-refractivity contribution >= 4 is 28.5 Å². The van der Waals surface area contributed by atoms with Gasteiger partial charge in [-0.2, -0.15) is 0 Å². The summed E-state index contributed by atoms with van der Waals surface area (Å²) in [4.78, 5) is 7.90. The van der Waals surface area contributed by atoms with Crippen molar-refractivity contribution in [2.24, 2.45) is 5.84 Å². The number of hydrogen-bond acceptors (Lipinski definition) is 5. The van der Waals surface area contributed by atoms with Gasteiger partial charge in [0, 0.05) is 0 Å². The maximum Gasteiger partial charge on any atom is 0.237 e. The molecule has 0 saturated carbocycles. The number of nitrogens with zero attached hydrogens (tertiary/aromatic N) is 2. The molecule has 0 unspecified atom stereocenters. The molecule has 0 atom stereocenters. The minimum absolute atomic E-state index is 0.357. The second-order valence-electron chi connectivity index (χ2n) is 2.92. The molecule has 16 heavy (non-hydrogen) atoms. The van der Waals surface area contributed by atoms with E-state index < -0.39 is 0 Å². The molecule has 6 heteroatoms. The number of rotatable bonds is 3. The van der Waals surface area contributed by atoms with Crippen molar-refractivity contribution in [3.05, 3.63) is 40.2 Å². The van der Waals surface area contributed by atoms with Crippen LogP contribution in [-0.2, 0) is 0 Å². The van der Waals surface area contributed by atoms with Gasteiger partial charge in [0.2, 0.25) is 5.95 Å². The topological polar surface area (TPSA) is 73.1 Å². The van der Waals surface area contributed by atoms with Crippen LogP contribution in [-0.4, -0.2) is 9.97 Å². The number of anilines is 1. The Kier molecular flexibility index (Phi) is 3.52. The van der Waals surface area contributed by atoms with Crippen LogP contribution < -0.4 is 16.0 Å². The normalized spacial score (nSPS) is 9.88. The van der Waals surface area contributed by atoms with Crippen LogP contribution in [0.1, 0.15) is 0 Å². The maximum absolute atomic E-state index is 5.61. The number of nitrogens with two attached hydrogens (primary N) is 1. The number of nitrogens with one attached hydrogen (secondary N) is 1. The van der Waals surface area contributed by atoms with Crippen LogP contribution in [0, 0.1) is 3.57 Å². The lowest BCUT2D eigenvalue weighted by Crippen LogP contribution is -2.09. The monoisotopic (exact) mass is 328 g/mol. The number of benzene rings is 1. The summed E-state index contributed by atoms with van der Waals surface area (Å²) in [6.07, 6.45) is 3.12. The third kappa shape index (κ3) is 2.58. The van der Waals surface area contributed by atoms with Gasteiger partial charge in [0.05, 0.1) is 16.0 Å². The third-order valence-corrected chi connectivity index (χ3v) is 2.71. The Morgan fingerprint density at radius 2 is 1.88 bits per heavy atom. The van der Waals surface area contributed by atoms with E-state index in [9.17, 15) is 0 Å². The zero-order valence-corrected chi connectivity index (χ0v) is 10.4. The van der Waals surface area contributed by atoms with Crippen molar-refractivity contribution in [2.75, 3.05) is 5.43 Å². The lowest BCUT2D eigenvalue weighted by Gasteiger charge is -2.06. The molecule has 1 heterocycles. The fourth-order valence-corrected chi connectivity index (χ4v) is 1.60. The van der Waals surface area contributed by atoms with Crippen LogP contribution in [0.3, 0.4) is 0 Å². The summed E-state index contributed by atoms with van der Waals surface area (Å²) in [5, 5.41) is 0. The first kappa shape index (κ1) is 11.1. The van der Waals surface area contributed by atoms with E-state index in [1.807, 2.05) is 24.3 Å². The molecule has 0 spiro atoms. The molecule has 0 aliphatic rings. The molecule has 5 nitrogen and oxygen atoms in total. The third-order valence-electron chi connectivity index (χ3n) is 1.82. The highest BCUT2D eigenvalue weighted by molar-refractivity contribution is 14.1. The van der Waals surface area contributed by atoms with E-state index in [1.165, 1.54) is 0 Å². The van der Waals surface area contributed by atoms with Crippen LogP contribution in [0.25, 0.3) is 0 Å². The first-order valence-electron chi connectivity index (χ1n) is 4.50. The second-order valence-corrected chi connectivity index (χ2v) is 4.08. The molecule has 2 aromatic rings. The number of hydrogen-bond donors (Lipinski definition) is 2. The van der Waals surface area contributed by atoms with Crippen LogP contribution in [0.15, 0.2) is 36.7 Å². The van der Waals surface area contributed by atoms with Crippen molar-refractivity contribution in [1.82, 2.24) is 9.97 Å². The Hall–Kier alpha value is -1.41. The SMILES string of the molecule is NNc1ncc(Oc2ccccc2I)cn1. The highest BCUT2D eigenvalue weighted by Gasteiger charge is 2.02. The molecule has 0 radical (unpaired) electrons. The Morgan fingerprint density at radius 1 is 1.19 bits per heavy atom. The summed E-state index contributed by atoms with van der Waals surface area (Å²) < 4.78 is 6.64. The van der Waals surface area contributed by atoms with Gasteiger partial charge in [0.15, 0.2) is 5.75 Å². The molecule has 1 aromatic carbocycles. The predicted octanol–water partition coefficient (Wildman–Crippen LogP) is 2.16. The molecule has 2 rings (SSSR count). The molecule has 0 aliphatic carbocycles. The smallest absolute Gasteiger partial charge is 0.237 e. The predicted molar refractivity (Wildman–Crippen MR) is 69.1 cm³/mol. The summed E-state index contributed by atoms with van der Waals surface area (Å²) in [7, 11) is 0. The average Bonchev–Trinajstić information content (AvgIpc) is 2.33. The highest BCUT2D eigenvalue weighted by Crippen LogP contribution is 2.25. The van der Waals surface area contributed by atoms with E-state index in [4.69, 9.17) is 10.6 Å². The van der Waals surface area contributed by atoms with Gasteiger partial charge in [0.25, 0.3) is 0 Å². The first-order valence-corrected chi connectivity index (χ1v) is 5.58. The zero-order chi connectivity index (χ0) is 11.4. The molecular weight excluding hydrogens is 319 g/mol. The number of nitrogen functional groups attached to an aromatic ring is 1. The summed E-state index contributed by atoms with van der Waals surface area (Å²) in [6, 6.07) is 7.71. The molecule has 0 aliphatic heterocycles. The van der Waals surface area contributed by atoms with Crippen LogP contribution in [0.5, 0.6) is 11.5 Å². The van der Waals surface area contributed by atoms with Crippen molar-refractivity contribution < 1.29 is 4.74 Å². The van der Waals surface area contributed by atoms with Crippen molar-refractivity contribution in [2.45, 2.75) is 0 Å². The average molecular weight is 328 g/mol. The van der Waals surface area contributed by atoms with Crippen LogP contribution in [0.2, 0.25) is 0 Å². The van der Waals surface area contributed by atoms with Gasteiger partial charge in [0.1, 0.15) is 5.75 Å². The van der Waals surface area contributed by atoms with Crippen molar-refractivity contribution in [1.29, 1.82) is 0 Å². The van der Waals surface area contributed by atoms with Gasteiger partial charge in [-0.1, -0.05) is 12.1 Å². The summed E-state index contributed by atoms with van der Waals surface area (Å²) >= 11 is 2.20. The van der Waals surface area contributed by atoms with E-state index in [2.05, 4.69) is 38.0 Å². The quantitative estimate of drug-likeness (QED) is 0.513. The van der Waals surface area contributed by atoms with Gasteiger partial charge in [-0.15, -0.1) is 0 Å². The fraction of sp³-hybridized carbons (Fsp3) is 0. The molecule has 82 valence electrons. The Morgan fingerprint density at radius 3 is 2.50 bits per heavy atom. The molecule has 0 amide bonds. The van der Waals surface area contributed by atoms with E-state index in [0.29, 0.717) is 11.7 Å². The molecule has 0 bridgehead atoms. The largest absolute Gasteiger partial charge is 0.453 e. The molecular formula is C10H9IN4O. The van der Waals surface area contributed by atoms with Gasteiger partial charge >= 0.3 is 0 Å². The zero-order valence-electron chi connectivity index (χ0n) is 8.22. The van der Waals surface area contributed by atoms with Crippen LogP contribution in [0.4, 0.5) is 5.95 Å². The minimum atomic E-state index is 0.357. The summed E-state index contributed by atoms with van der Waals surface area (Å²) in [6.45, 7) is 0. The number of halogens is 1. The molecule has 3 N–H and O–H groups in total. The number of ether oxygens (including phenoxy) is 1. The fourth-order valence-electron chi connectivity index (χ4n) is 1.10. The van der Waals surface area contributed by atoms with Crippen molar-refractivity contribution in [3.63, 3.8) is 0 Å². The van der Waals surface area contributed by atoms with E-state index in [1.54, 1.807) is 12.4 Å². The second kappa shape index (κ2) is 5.08.